The average Bonchev–Trinajstić information content (AvgIpc) is 3.54. The molecule has 280 valence electrons. The first-order chi connectivity index (χ1) is 22.6. The Balaban J connectivity index is 0.00000351. The van der Waals surface area contributed by atoms with Crippen LogP contribution in [0.1, 0.15) is 80.0 Å². The van der Waals surface area contributed by atoms with E-state index in [1.165, 1.54) is 30.2 Å². The number of amides is 1. The number of hydrogen-bond donors (Lipinski definition) is 5. The van der Waals surface area contributed by atoms with Crippen molar-refractivity contribution < 1.29 is 146 Å². The number of aliphatic hydroxyl groups is 4. The molecule has 2 heterocycles. The number of carbonyl (C=O) groups excluding carboxylic acids is 3. The van der Waals surface area contributed by atoms with Crippen LogP contribution in [0, 0.1) is 111 Å². The van der Waals surface area contributed by atoms with Crippen molar-refractivity contribution in [1.82, 2.24) is 5.32 Å². The van der Waals surface area contributed by atoms with E-state index < -0.39 is 93.9 Å². The van der Waals surface area contributed by atoms with Crippen LogP contribution in [-0.4, -0.2) is 104 Å². The van der Waals surface area contributed by atoms with Crippen molar-refractivity contribution >= 4 is 29.6 Å². The Morgan fingerprint density at radius 2 is 1.82 bits per heavy atom. The number of thioether (sulfide) groups is 1. The summed E-state index contributed by atoms with van der Waals surface area (Å²) in [5.74, 6) is -3.09. The number of ether oxygens (including phenoxy) is 4. The second-order valence-electron chi connectivity index (χ2n) is 15.8. The standard InChI is InChI=1S/C35H51NO12S.2Ac/c1-17-20(47-29(40)26(38)24(19-11-10-12-44-19)36-30(41)48-31(3,4)5)14-35(43)18(2)27-33(8,28(39)25(37)23(17)32(35,6)7)21(46-16-49-9)13-22-34(27,42)15-45-22;;/h10-12,18,20-22,24-27,37-38,42-43H,13-16H2,1-9H3,(H,36,41);;/t18?,20?,21?,22?,24?,25?,26?,27?,33-,34?,35?;;/m1../s1. The number of fused-ring (bicyclic) bond motifs is 5. The van der Waals surface area contributed by atoms with E-state index in [1.54, 1.807) is 55.4 Å². The molecule has 1 amide bonds. The Morgan fingerprint density at radius 3 is 2.35 bits per heavy atom. The zero-order chi connectivity index (χ0) is 36.5. The van der Waals surface area contributed by atoms with E-state index in [4.69, 9.17) is 23.4 Å². The minimum atomic E-state index is -1.97. The molecule has 11 atom stereocenters. The SMILES string of the molecule is CSCOC1CC2OCC2(O)C2C(C)C3(O)CC(OC(=O)C(O)C(NC(=O)OC(C)(C)C)c4ccco4)C(C)=C(C(O)C(=O)[C@]12C)C3(C)C.[Ac].[Ac]. The number of furan rings is 1. The first kappa shape index (κ1) is 45.8. The topological polar surface area (TPSA) is 194 Å². The molecule has 1 aliphatic heterocycles. The molecular formula is C35H51Ac2NO12S. The van der Waals surface area contributed by atoms with Gasteiger partial charge in [0.05, 0.1) is 42.0 Å². The molecule has 4 aliphatic rings. The zero-order valence-electron chi connectivity index (χ0n) is 30.8. The zero-order valence-corrected chi connectivity index (χ0v) is 41.1. The Bertz CT molecular complexity index is 1480. The molecule has 0 spiro atoms. The van der Waals surface area contributed by atoms with E-state index in [0.717, 1.165) is 0 Å². The Labute approximate surface area is 375 Å². The van der Waals surface area contributed by atoms with Gasteiger partial charge in [0.1, 0.15) is 35.2 Å². The van der Waals surface area contributed by atoms with Crippen LogP contribution in [0.4, 0.5) is 4.79 Å². The fraction of sp³-hybridized carbons (Fsp3) is 0.743. The van der Waals surface area contributed by atoms with E-state index >= 15 is 0 Å². The molecule has 5 N–H and O–H groups in total. The van der Waals surface area contributed by atoms with Gasteiger partial charge >= 0.3 is 12.1 Å². The van der Waals surface area contributed by atoms with E-state index in [0.29, 0.717) is 5.57 Å². The summed E-state index contributed by atoms with van der Waals surface area (Å²) in [5, 5.41) is 50.8. The summed E-state index contributed by atoms with van der Waals surface area (Å²) in [4.78, 5) is 41.0. The second-order valence-corrected chi connectivity index (χ2v) is 16.6. The number of esters is 1. The maximum atomic E-state index is 14.7. The molecule has 3 fully saturated rings. The second kappa shape index (κ2) is 16.5. The predicted molar refractivity (Wildman–Crippen MR) is 177 cm³/mol. The quantitative estimate of drug-likeness (QED) is 0.145. The molecule has 2 saturated carbocycles. The van der Waals surface area contributed by atoms with E-state index in [2.05, 4.69) is 5.32 Å². The van der Waals surface area contributed by atoms with E-state index in [-0.39, 0.29) is 125 Å². The Kier molecular flexibility index (Phi) is 14.8. The third-order valence-electron chi connectivity index (χ3n) is 11.5. The van der Waals surface area contributed by atoms with Crippen LogP contribution in [0.3, 0.4) is 0 Å². The minimum Gasteiger partial charge on any atom is -0.467 e. The normalized spacial score (nSPS) is 36.7. The minimum absolute atomic E-state index is 0. The van der Waals surface area contributed by atoms with Crippen LogP contribution in [0.2, 0.25) is 0 Å². The number of alkyl carbamates (subject to hydrolysis) is 1. The van der Waals surface area contributed by atoms with Crippen LogP contribution < -0.4 is 5.32 Å². The summed E-state index contributed by atoms with van der Waals surface area (Å²) in [7, 11) is 0. The van der Waals surface area contributed by atoms with Crippen LogP contribution in [0.5, 0.6) is 0 Å². The number of carbonyl (C=O) groups is 3. The van der Waals surface area contributed by atoms with Crippen LogP contribution in [-0.2, 0) is 28.5 Å². The molecule has 2 radical (unpaired) electrons. The summed E-state index contributed by atoms with van der Waals surface area (Å²) in [6, 6.07) is 1.61. The van der Waals surface area contributed by atoms with Crippen molar-refractivity contribution in [2.75, 3.05) is 18.8 Å². The Morgan fingerprint density at radius 1 is 1.18 bits per heavy atom. The van der Waals surface area contributed by atoms with Gasteiger partial charge in [-0.15, -0.1) is 11.8 Å². The predicted octanol–water partition coefficient (Wildman–Crippen LogP) is 3.04. The summed E-state index contributed by atoms with van der Waals surface area (Å²) in [6.45, 7) is 13.5. The van der Waals surface area contributed by atoms with Crippen molar-refractivity contribution in [2.45, 2.75) is 122 Å². The molecule has 1 aromatic rings. The van der Waals surface area contributed by atoms with Gasteiger partial charge in [-0.2, -0.15) is 0 Å². The van der Waals surface area contributed by atoms with Crippen LogP contribution >= 0.6 is 11.8 Å². The number of rotatable bonds is 8. The fourth-order valence-electron chi connectivity index (χ4n) is 9.04. The molecule has 13 nitrogen and oxygen atoms in total. The monoisotopic (exact) mass is 1160 g/mol. The third-order valence-corrected chi connectivity index (χ3v) is 11.9. The Hall–Kier alpha value is 0.423. The molecule has 16 heteroatoms. The van der Waals surface area contributed by atoms with E-state index in [1.807, 2.05) is 6.26 Å². The summed E-state index contributed by atoms with van der Waals surface area (Å²) >= 11 is 1.43. The molecule has 1 saturated heterocycles. The molecule has 51 heavy (non-hydrogen) atoms. The smallest absolute Gasteiger partial charge is 0.408 e. The van der Waals surface area contributed by atoms with Crippen LogP contribution in [0.25, 0.3) is 0 Å². The van der Waals surface area contributed by atoms with Crippen molar-refractivity contribution in [2.24, 2.45) is 22.7 Å². The van der Waals surface area contributed by atoms with Gasteiger partial charge in [-0.1, -0.05) is 20.8 Å². The van der Waals surface area contributed by atoms with Crippen LogP contribution in [0.15, 0.2) is 34.0 Å². The van der Waals surface area contributed by atoms with Gasteiger partial charge in [0, 0.05) is 112 Å². The molecular weight excluding hydrogens is 1110 g/mol. The third kappa shape index (κ3) is 7.89. The molecule has 1 aromatic heterocycles. The van der Waals surface area contributed by atoms with Crippen molar-refractivity contribution in [3.05, 3.63) is 35.3 Å². The number of ketones is 1. The summed E-state index contributed by atoms with van der Waals surface area (Å²) in [5.41, 5.74) is -6.21. The van der Waals surface area contributed by atoms with Gasteiger partial charge in [0.25, 0.3) is 0 Å². The van der Waals surface area contributed by atoms with Gasteiger partial charge in [-0.25, -0.2) is 9.59 Å². The average molecular weight is 1160 g/mol. The molecule has 3 aliphatic carbocycles. The van der Waals surface area contributed by atoms with E-state index in [9.17, 15) is 34.8 Å². The van der Waals surface area contributed by atoms with Crippen molar-refractivity contribution in [1.29, 1.82) is 0 Å². The maximum absolute atomic E-state index is 14.7. The van der Waals surface area contributed by atoms with Crippen molar-refractivity contribution in [3.8, 4) is 0 Å². The molecule has 2 bridgehead atoms. The van der Waals surface area contributed by atoms with Gasteiger partial charge in [0.2, 0.25) is 0 Å². The molecule has 10 unspecified atom stereocenters. The molecule has 5 rings (SSSR count). The first-order valence-electron chi connectivity index (χ1n) is 16.7. The molecule has 0 aromatic carbocycles. The first-order valence-corrected chi connectivity index (χ1v) is 18.1. The number of aliphatic hydroxyl groups excluding tert-OH is 2. The van der Waals surface area contributed by atoms with Gasteiger partial charge in [-0.3, -0.25) is 4.79 Å². The number of nitrogens with one attached hydrogen (secondary N) is 1. The number of hydrogen-bond acceptors (Lipinski definition) is 13. The van der Waals surface area contributed by atoms with Gasteiger partial charge in [-0.05, 0) is 70.1 Å². The van der Waals surface area contributed by atoms with Crippen molar-refractivity contribution in [3.63, 3.8) is 0 Å². The van der Waals surface area contributed by atoms with Gasteiger partial charge in [0.15, 0.2) is 11.9 Å². The maximum Gasteiger partial charge on any atom is 0.408 e. The summed E-state index contributed by atoms with van der Waals surface area (Å²) < 4.78 is 28.6. The fourth-order valence-corrected chi connectivity index (χ4v) is 9.34. The summed E-state index contributed by atoms with van der Waals surface area (Å²) in [6.07, 6.45) is -3.93. The number of Topliss-reactive ketones (excluding diaryl/α,β-unsaturated/α-hetero) is 1. The van der Waals surface area contributed by atoms with Gasteiger partial charge < -0.3 is 49.1 Å². The largest absolute Gasteiger partial charge is 0.467 e.